The summed E-state index contributed by atoms with van der Waals surface area (Å²) in [4.78, 5) is 28.4. The number of nitrogens with zero attached hydrogens (tertiary/aromatic N) is 3. The molecular weight excluding hydrogens is 462 g/mol. The van der Waals surface area contributed by atoms with E-state index in [4.69, 9.17) is 4.74 Å². The molecule has 0 spiro atoms. The molecule has 1 aliphatic heterocycles. The molecule has 0 fully saturated rings. The largest absolute Gasteiger partial charge is 0.451 e. The summed E-state index contributed by atoms with van der Waals surface area (Å²) in [7, 11) is -3.37. The van der Waals surface area contributed by atoms with Crippen molar-refractivity contribution in [2.75, 3.05) is 17.3 Å². The van der Waals surface area contributed by atoms with Gasteiger partial charge in [0.1, 0.15) is 9.71 Å². The van der Waals surface area contributed by atoms with Crippen molar-refractivity contribution in [1.82, 2.24) is 9.78 Å². The molecule has 8 nitrogen and oxygen atoms in total. The third kappa shape index (κ3) is 5.01. The first-order valence-electron chi connectivity index (χ1n) is 10.6. The standard InChI is InChI=1S/C23H25N3O5S2/c1-15(2)12-25-22-19(16(3)24-25)11-20(32-22)23(28)31-13-21(27)26(17-7-5-4-6-8-17)18-9-10-33(29,30)14-18/h4-11,15,18H,12-14H2,1-3H3. The topological polar surface area (TPSA) is 98.6 Å². The predicted octanol–water partition coefficient (Wildman–Crippen LogP) is 3.56. The van der Waals surface area contributed by atoms with Crippen LogP contribution >= 0.6 is 11.3 Å². The molecular formula is C23H25N3O5S2. The second-order valence-electron chi connectivity index (χ2n) is 8.39. The molecule has 1 atom stereocenters. The van der Waals surface area contributed by atoms with Gasteiger partial charge in [0.25, 0.3) is 5.91 Å². The molecule has 4 rings (SSSR count). The van der Waals surface area contributed by atoms with Gasteiger partial charge in [-0.15, -0.1) is 11.3 Å². The number of carbonyl (C=O) groups excluding carboxylic acids is 2. The van der Waals surface area contributed by atoms with Gasteiger partial charge in [0.15, 0.2) is 16.4 Å². The molecule has 0 aliphatic carbocycles. The summed E-state index contributed by atoms with van der Waals surface area (Å²) in [6.07, 6.45) is 1.48. The lowest BCUT2D eigenvalue weighted by Crippen LogP contribution is -2.43. The summed E-state index contributed by atoms with van der Waals surface area (Å²) < 4.78 is 31.1. The average Bonchev–Trinajstić information content (AvgIpc) is 3.42. The fourth-order valence-electron chi connectivity index (χ4n) is 3.78. The second-order valence-corrected chi connectivity index (χ2v) is 11.4. The maximum Gasteiger partial charge on any atom is 0.348 e. The maximum absolute atomic E-state index is 13.0. The van der Waals surface area contributed by atoms with Gasteiger partial charge < -0.3 is 9.64 Å². The van der Waals surface area contributed by atoms with Gasteiger partial charge in [-0.25, -0.2) is 13.2 Å². The molecule has 3 aromatic rings. The van der Waals surface area contributed by atoms with Crippen LogP contribution in [0.5, 0.6) is 0 Å². The third-order valence-electron chi connectivity index (χ3n) is 5.22. The Morgan fingerprint density at radius 3 is 2.64 bits per heavy atom. The zero-order chi connectivity index (χ0) is 23.8. The van der Waals surface area contributed by atoms with Crippen molar-refractivity contribution in [3.05, 3.63) is 58.5 Å². The van der Waals surface area contributed by atoms with E-state index in [-0.39, 0.29) is 5.75 Å². The maximum atomic E-state index is 13.0. The van der Waals surface area contributed by atoms with Gasteiger partial charge in [0, 0.05) is 23.0 Å². The molecule has 0 saturated carbocycles. The SMILES string of the molecule is Cc1nn(CC(C)C)c2sc(C(=O)OCC(=O)N(c3ccccc3)C3C=CS(=O)(=O)C3)cc12. The first kappa shape index (κ1) is 23.2. The minimum atomic E-state index is -3.37. The quantitative estimate of drug-likeness (QED) is 0.473. The Bertz CT molecular complexity index is 1320. The van der Waals surface area contributed by atoms with E-state index in [1.54, 1.807) is 36.4 Å². The number of rotatable bonds is 7. The number of aryl methyl sites for hydroxylation is 1. The number of fused-ring (bicyclic) bond motifs is 1. The zero-order valence-electron chi connectivity index (χ0n) is 18.6. The van der Waals surface area contributed by atoms with Crippen LogP contribution in [0.2, 0.25) is 0 Å². The van der Waals surface area contributed by atoms with Gasteiger partial charge in [-0.2, -0.15) is 5.10 Å². The van der Waals surface area contributed by atoms with E-state index in [9.17, 15) is 18.0 Å². The summed E-state index contributed by atoms with van der Waals surface area (Å²) in [6.45, 7) is 6.33. The number of ether oxygens (including phenoxy) is 1. The van der Waals surface area contributed by atoms with Crippen LogP contribution in [0.4, 0.5) is 5.69 Å². The average molecular weight is 488 g/mol. The molecule has 174 valence electrons. The summed E-state index contributed by atoms with van der Waals surface area (Å²) in [5, 5.41) is 6.55. The lowest BCUT2D eigenvalue weighted by molar-refractivity contribution is -0.121. The number of benzene rings is 1. The zero-order valence-corrected chi connectivity index (χ0v) is 20.2. The summed E-state index contributed by atoms with van der Waals surface area (Å²) in [5.74, 6) is -0.893. The number of aromatic nitrogens is 2. The van der Waals surface area contributed by atoms with E-state index in [0.717, 1.165) is 27.9 Å². The summed E-state index contributed by atoms with van der Waals surface area (Å²) in [5.41, 5.74) is 1.37. The van der Waals surface area contributed by atoms with Crippen LogP contribution < -0.4 is 4.90 Å². The molecule has 0 bridgehead atoms. The fourth-order valence-corrected chi connectivity index (χ4v) is 6.11. The highest BCUT2D eigenvalue weighted by molar-refractivity contribution is 7.94. The number of anilines is 1. The predicted molar refractivity (Wildman–Crippen MR) is 128 cm³/mol. The highest BCUT2D eigenvalue weighted by Crippen LogP contribution is 2.29. The second kappa shape index (κ2) is 9.11. The van der Waals surface area contributed by atoms with E-state index in [0.29, 0.717) is 16.5 Å². The van der Waals surface area contributed by atoms with Crippen molar-refractivity contribution >= 4 is 49.0 Å². The van der Waals surface area contributed by atoms with Crippen LogP contribution in [0.15, 0.2) is 47.9 Å². The Morgan fingerprint density at radius 2 is 2.00 bits per heavy atom. The van der Waals surface area contributed by atoms with Crippen LogP contribution in [0.1, 0.15) is 29.2 Å². The normalized spacial score (nSPS) is 17.0. The Labute approximate surface area is 196 Å². The molecule has 0 N–H and O–H groups in total. The molecule has 0 saturated heterocycles. The van der Waals surface area contributed by atoms with E-state index < -0.39 is 34.4 Å². The number of hydrogen-bond acceptors (Lipinski definition) is 7. The molecule has 0 radical (unpaired) electrons. The van der Waals surface area contributed by atoms with Gasteiger partial charge in [0.2, 0.25) is 0 Å². The summed E-state index contributed by atoms with van der Waals surface area (Å²) in [6, 6.07) is 9.84. The van der Waals surface area contributed by atoms with Gasteiger partial charge in [-0.3, -0.25) is 9.48 Å². The Hall–Kier alpha value is -2.98. The summed E-state index contributed by atoms with van der Waals surface area (Å²) >= 11 is 1.29. The molecule has 1 unspecified atom stereocenters. The fraction of sp³-hybridized carbons (Fsp3) is 0.348. The number of para-hydroxylation sites is 1. The van der Waals surface area contributed by atoms with Crippen LogP contribution in [0.25, 0.3) is 10.2 Å². The van der Waals surface area contributed by atoms with Crippen molar-refractivity contribution in [3.63, 3.8) is 0 Å². The Morgan fingerprint density at radius 1 is 1.27 bits per heavy atom. The number of hydrogen-bond donors (Lipinski definition) is 0. The van der Waals surface area contributed by atoms with Crippen LogP contribution in [0.3, 0.4) is 0 Å². The molecule has 2 aromatic heterocycles. The number of amides is 1. The van der Waals surface area contributed by atoms with Crippen LogP contribution in [-0.2, 0) is 25.9 Å². The molecule has 1 aromatic carbocycles. The van der Waals surface area contributed by atoms with E-state index in [1.165, 1.54) is 22.3 Å². The smallest absolute Gasteiger partial charge is 0.348 e. The van der Waals surface area contributed by atoms with Crippen LogP contribution in [0, 0.1) is 12.8 Å². The van der Waals surface area contributed by atoms with E-state index in [1.807, 2.05) is 11.6 Å². The number of esters is 1. The molecule has 33 heavy (non-hydrogen) atoms. The highest BCUT2D eigenvalue weighted by Gasteiger charge is 2.32. The van der Waals surface area contributed by atoms with Crippen molar-refractivity contribution in [2.45, 2.75) is 33.4 Å². The first-order valence-corrected chi connectivity index (χ1v) is 13.1. The lowest BCUT2D eigenvalue weighted by atomic mass is 10.2. The van der Waals surface area contributed by atoms with E-state index >= 15 is 0 Å². The van der Waals surface area contributed by atoms with E-state index in [2.05, 4.69) is 18.9 Å². The molecule has 10 heteroatoms. The number of sulfone groups is 1. The minimum absolute atomic E-state index is 0.205. The van der Waals surface area contributed by atoms with Crippen LogP contribution in [-0.4, -0.2) is 48.5 Å². The Kier molecular flexibility index (Phi) is 6.40. The highest BCUT2D eigenvalue weighted by atomic mass is 32.2. The number of carbonyl (C=O) groups is 2. The van der Waals surface area contributed by atoms with Gasteiger partial charge >= 0.3 is 5.97 Å². The lowest BCUT2D eigenvalue weighted by Gasteiger charge is -2.27. The van der Waals surface area contributed by atoms with Gasteiger partial charge in [-0.05, 0) is 37.1 Å². The van der Waals surface area contributed by atoms with Gasteiger partial charge in [-0.1, -0.05) is 32.0 Å². The molecule has 1 aliphatic rings. The minimum Gasteiger partial charge on any atom is -0.451 e. The number of thiophene rings is 1. The Balaban J connectivity index is 1.50. The molecule has 3 heterocycles. The monoisotopic (exact) mass is 487 g/mol. The van der Waals surface area contributed by atoms with Crippen molar-refractivity contribution < 1.29 is 22.7 Å². The van der Waals surface area contributed by atoms with Crippen molar-refractivity contribution in [2.24, 2.45) is 5.92 Å². The van der Waals surface area contributed by atoms with Gasteiger partial charge in [0.05, 0.1) is 17.5 Å². The van der Waals surface area contributed by atoms with Crippen molar-refractivity contribution in [3.8, 4) is 0 Å². The van der Waals surface area contributed by atoms with Crippen molar-refractivity contribution in [1.29, 1.82) is 0 Å². The third-order valence-corrected chi connectivity index (χ3v) is 7.73. The first-order chi connectivity index (χ1) is 15.6. The molecule has 1 amide bonds.